The molecular weight excluding hydrogens is 475 g/mol. The van der Waals surface area contributed by atoms with E-state index in [4.69, 9.17) is 0 Å². The molecule has 0 spiro atoms. The molecular formula is C26H28F3N3O4. The van der Waals surface area contributed by atoms with Crippen molar-refractivity contribution in [2.75, 3.05) is 36.4 Å². The van der Waals surface area contributed by atoms with Gasteiger partial charge in [0.15, 0.2) is 0 Å². The van der Waals surface area contributed by atoms with Crippen LogP contribution in [0.5, 0.6) is 0 Å². The fourth-order valence-electron chi connectivity index (χ4n) is 4.95. The second-order valence-corrected chi connectivity index (χ2v) is 9.20. The topological polar surface area (TPSA) is 90.0 Å². The molecule has 10 heteroatoms. The second-order valence-electron chi connectivity index (χ2n) is 9.20. The van der Waals surface area contributed by atoms with Crippen LogP contribution in [-0.4, -0.2) is 54.0 Å². The molecule has 0 aromatic heterocycles. The van der Waals surface area contributed by atoms with Gasteiger partial charge < -0.3 is 20.2 Å². The SMILES string of the molecule is O=C(Nc1cc(C(F)(F)F)ccc1C(=O)N1CCN(c2ccccc2)CC1)[C@H]1CCCC[C@H]1C(=O)O. The minimum absolute atomic E-state index is 0.0489. The Morgan fingerprint density at radius 2 is 1.53 bits per heavy atom. The van der Waals surface area contributed by atoms with Gasteiger partial charge in [-0.25, -0.2) is 0 Å². The van der Waals surface area contributed by atoms with E-state index < -0.39 is 41.4 Å². The lowest BCUT2D eigenvalue weighted by Crippen LogP contribution is -2.49. The zero-order valence-electron chi connectivity index (χ0n) is 19.6. The lowest BCUT2D eigenvalue weighted by molar-refractivity contribution is -0.147. The Bertz CT molecular complexity index is 1120. The van der Waals surface area contributed by atoms with Crippen molar-refractivity contribution in [3.63, 3.8) is 0 Å². The molecule has 1 aliphatic heterocycles. The van der Waals surface area contributed by atoms with E-state index in [2.05, 4.69) is 10.2 Å². The number of anilines is 2. The summed E-state index contributed by atoms with van der Waals surface area (Å²) in [5, 5.41) is 12.0. The smallest absolute Gasteiger partial charge is 0.416 e. The summed E-state index contributed by atoms with van der Waals surface area (Å²) >= 11 is 0. The zero-order chi connectivity index (χ0) is 25.9. The van der Waals surface area contributed by atoms with Crippen LogP contribution < -0.4 is 10.2 Å². The number of rotatable bonds is 5. The number of hydrogen-bond donors (Lipinski definition) is 2. The molecule has 0 radical (unpaired) electrons. The van der Waals surface area contributed by atoms with Crippen molar-refractivity contribution >= 4 is 29.2 Å². The molecule has 1 saturated carbocycles. The number of aliphatic carboxylic acids is 1. The van der Waals surface area contributed by atoms with E-state index in [0.29, 0.717) is 51.9 Å². The lowest BCUT2D eigenvalue weighted by Gasteiger charge is -2.36. The maximum atomic E-state index is 13.4. The number of benzene rings is 2. The highest BCUT2D eigenvalue weighted by Gasteiger charge is 2.37. The third-order valence-electron chi connectivity index (χ3n) is 6.94. The summed E-state index contributed by atoms with van der Waals surface area (Å²) in [5.41, 5.74) is -0.276. The van der Waals surface area contributed by atoms with Crippen molar-refractivity contribution in [2.24, 2.45) is 11.8 Å². The molecule has 7 nitrogen and oxygen atoms in total. The maximum Gasteiger partial charge on any atom is 0.416 e. The van der Waals surface area contributed by atoms with Gasteiger partial charge in [-0.1, -0.05) is 31.0 Å². The first kappa shape index (κ1) is 25.5. The highest BCUT2D eigenvalue weighted by Crippen LogP contribution is 2.35. The highest BCUT2D eigenvalue weighted by atomic mass is 19.4. The number of piperazine rings is 1. The Hall–Kier alpha value is -3.56. The third-order valence-corrected chi connectivity index (χ3v) is 6.94. The van der Waals surface area contributed by atoms with Gasteiger partial charge in [-0.3, -0.25) is 14.4 Å². The van der Waals surface area contributed by atoms with E-state index in [1.165, 1.54) is 0 Å². The van der Waals surface area contributed by atoms with Crippen LogP contribution in [0.2, 0.25) is 0 Å². The minimum Gasteiger partial charge on any atom is -0.481 e. The summed E-state index contributed by atoms with van der Waals surface area (Å²) < 4.78 is 40.3. The average molecular weight is 504 g/mol. The Labute approximate surface area is 206 Å². The molecule has 4 rings (SSSR count). The van der Waals surface area contributed by atoms with Crippen LogP contribution in [-0.2, 0) is 15.8 Å². The standard InChI is InChI=1S/C26H28F3N3O4/c27-26(28,29)17-10-11-21(22(16-17)30-23(33)19-8-4-5-9-20(19)25(35)36)24(34)32-14-12-31(13-15-32)18-6-2-1-3-7-18/h1-3,6-7,10-11,16,19-20H,4-5,8-9,12-15H2,(H,30,33)(H,35,36)/t19-,20+/m0/s1. The number of carbonyl (C=O) groups is 3. The van der Waals surface area contributed by atoms with E-state index in [0.717, 1.165) is 23.9 Å². The van der Waals surface area contributed by atoms with Crippen molar-refractivity contribution in [2.45, 2.75) is 31.9 Å². The van der Waals surface area contributed by atoms with Gasteiger partial charge in [-0.05, 0) is 43.2 Å². The quantitative estimate of drug-likeness (QED) is 0.627. The number of carboxylic acids is 1. The summed E-state index contributed by atoms with van der Waals surface area (Å²) in [5.74, 6) is -4.04. The molecule has 2 fully saturated rings. The number of nitrogens with one attached hydrogen (secondary N) is 1. The predicted octanol–water partition coefficient (Wildman–Crippen LogP) is 4.50. The minimum atomic E-state index is -4.67. The fourth-order valence-corrected chi connectivity index (χ4v) is 4.95. The van der Waals surface area contributed by atoms with Gasteiger partial charge in [0.05, 0.1) is 28.7 Å². The molecule has 1 heterocycles. The molecule has 2 atom stereocenters. The van der Waals surface area contributed by atoms with Crippen LogP contribution in [0.3, 0.4) is 0 Å². The first-order valence-electron chi connectivity index (χ1n) is 12.0. The number of carbonyl (C=O) groups excluding carboxylic acids is 2. The van der Waals surface area contributed by atoms with Gasteiger partial charge in [0.2, 0.25) is 5.91 Å². The molecule has 1 saturated heterocycles. The van der Waals surface area contributed by atoms with Crippen molar-refractivity contribution in [3.05, 3.63) is 59.7 Å². The molecule has 1 aliphatic carbocycles. The summed E-state index contributed by atoms with van der Waals surface area (Å²) in [6.07, 6.45) is -2.69. The van der Waals surface area contributed by atoms with Crippen molar-refractivity contribution in [1.82, 2.24) is 4.90 Å². The van der Waals surface area contributed by atoms with Gasteiger partial charge in [-0.2, -0.15) is 13.2 Å². The molecule has 36 heavy (non-hydrogen) atoms. The van der Waals surface area contributed by atoms with Gasteiger partial charge in [-0.15, -0.1) is 0 Å². The normalized spacial score (nSPS) is 20.6. The molecule has 0 unspecified atom stereocenters. The summed E-state index contributed by atoms with van der Waals surface area (Å²) in [6.45, 7) is 1.85. The number of nitrogens with zero attached hydrogens (tertiary/aromatic N) is 2. The monoisotopic (exact) mass is 503 g/mol. The first-order valence-corrected chi connectivity index (χ1v) is 12.0. The number of alkyl halides is 3. The predicted molar refractivity (Wildman–Crippen MR) is 128 cm³/mol. The van der Waals surface area contributed by atoms with Crippen LogP contribution in [0.4, 0.5) is 24.5 Å². The summed E-state index contributed by atoms with van der Waals surface area (Å²) in [7, 11) is 0. The van der Waals surface area contributed by atoms with Crippen molar-refractivity contribution < 1.29 is 32.7 Å². The largest absolute Gasteiger partial charge is 0.481 e. The first-order chi connectivity index (χ1) is 17.1. The van der Waals surface area contributed by atoms with Crippen LogP contribution in [0.15, 0.2) is 48.5 Å². The number of carboxylic acid groups (broad SMARTS) is 1. The van der Waals surface area contributed by atoms with Crippen LogP contribution in [0.1, 0.15) is 41.6 Å². The van der Waals surface area contributed by atoms with Crippen LogP contribution in [0, 0.1) is 11.8 Å². The summed E-state index contributed by atoms with van der Waals surface area (Å²) in [4.78, 5) is 41.6. The third kappa shape index (κ3) is 5.63. The van der Waals surface area contributed by atoms with Crippen molar-refractivity contribution in [3.8, 4) is 0 Å². The number of para-hydroxylation sites is 1. The number of hydrogen-bond acceptors (Lipinski definition) is 4. The Balaban J connectivity index is 1.55. The second kappa shape index (κ2) is 10.6. The summed E-state index contributed by atoms with van der Waals surface area (Å²) in [6, 6.07) is 12.4. The molecule has 2 amide bonds. The van der Waals surface area contributed by atoms with E-state index in [-0.39, 0.29) is 11.3 Å². The van der Waals surface area contributed by atoms with Gasteiger partial charge in [0.25, 0.3) is 5.91 Å². The molecule has 0 bridgehead atoms. The molecule has 192 valence electrons. The van der Waals surface area contributed by atoms with E-state index in [1.807, 2.05) is 30.3 Å². The van der Waals surface area contributed by atoms with Gasteiger partial charge in [0.1, 0.15) is 0 Å². The number of halogens is 3. The Morgan fingerprint density at radius 3 is 2.14 bits per heavy atom. The average Bonchev–Trinajstić information content (AvgIpc) is 2.88. The molecule has 2 N–H and O–H groups in total. The van der Waals surface area contributed by atoms with Gasteiger partial charge >= 0.3 is 12.1 Å². The lowest BCUT2D eigenvalue weighted by atomic mass is 9.78. The highest BCUT2D eigenvalue weighted by molar-refractivity contribution is 6.05. The zero-order valence-corrected chi connectivity index (χ0v) is 19.6. The molecule has 2 aromatic carbocycles. The number of amides is 2. The molecule has 2 aliphatic rings. The van der Waals surface area contributed by atoms with Crippen molar-refractivity contribution in [1.29, 1.82) is 0 Å². The van der Waals surface area contributed by atoms with Crippen LogP contribution in [0.25, 0.3) is 0 Å². The molecule has 2 aromatic rings. The van der Waals surface area contributed by atoms with E-state index in [9.17, 15) is 32.7 Å². The fraction of sp³-hybridized carbons (Fsp3) is 0.423. The van der Waals surface area contributed by atoms with Gasteiger partial charge in [0, 0.05) is 31.9 Å². The maximum absolute atomic E-state index is 13.4. The van der Waals surface area contributed by atoms with Crippen LogP contribution >= 0.6 is 0 Å². The van der Waals surface area contributed by atoms with E-state index in [1.54, 1.807) is 4.90 Å². The Morgan fingerprint density at radius 1 is 0.889 bits per heavy atom. The Kier molecular flexibility index (Phi) is 7.51. The van der Waals surface area contributed by atoms with E-state index >= 15 is 0 Å².